The summed E-state index contributed by atoms with van der Waals surface area (Å²) >= 11 is 0. The number of aromatic nitrogens is 2. The molecular formula is C17H26N5O2+. The molecule has 1 atom stereocenters. The zero-order valence-electron chi connectivity index (χ0n) is 15.1. The second-order valence-electron chi connectivity index (χ2n) is 7.04. The van der Waals surface area contributed by atoms with Gasteiger partial charge in [-0.25, -0.2) is 13.9 Å². The maximum Gasteiger partial charge on any atom is 0.401 e. The number of carbonyl (C=O) groups is 2. The van der Waals surface area contributed by atoms with Gasteiger partial charge >= 0.3 is 12.0 Å². The van der Waals surface area contributed by atoms with E-state index in [1.165, 1.54) is 9.80 Å². The lowest BCUT2D eigenvalue weighted by molar-refractivity contribution is -0.677. The summed E-state index contributed by atoms with van der Waals surface area (Å²) in [4.78, 5) is 33.0. The Balaban J connectivity index is 2.02. The Labute approximate surface area is 142 Å². The Kier molecular flexibility index (Phi) is 4.19. The molecule has 0 N–H and O–H groups in total. The number of fused-ring (bicyclic) bond motifs is 3. The van der Waals surface area contributed by atoms with E-state index < -0.39 is 6.04 Å². The normalized spacial score (nSPS) is 19.9. The lowest BCUT2D eigenvalue weighted by Gasteiger charge is -2.33. The van der Waals surface area contributed by atoms with Gasteiger partial charge in [-0.05, 0) is 19.3 Å². The Bertz CT molecular complexity index is 719. The first-order valence-electron chi connectivity index (χ1n) is 8.65. The van der Waals surface area contributed by atoms with Crippen LogP contribution in [0.1, 0.15) is 45.3 Å². The summed E-state index contributed by atoms with van der Waals surface area (Å²) in [5, 5.41) is 0. The SMILES string of the molecule is CCCCN1C(=O)C2C(=Nc3n(CC(C)C)c(C)c[n+]32)N(C)C1=O. The van der Waals surface area contributed by atoms with Crippen molar-refractivity contribution >= 4 is 23.7 Å². The summed E-state index contributed by atoms with van der Waals surface area (Å²) in [7, 11) is 1.70. The number of nitrogens with zero attached hydrogens (tertiary/aromatic N) is 5. The third-order valence-electron chi connectivity index (χ3n) is 4.61. The van der Waals surface area contributed by atoms with Gasteiger partial charge < -0.3 is 0 Å². The first kappa shape index (κ1) is 16.7. The fourth-order valence-electron chi connectivity index (χ4n) is 3.34. The number of hydrogen-bond donors (Lipinski definition) is 0. The minimum atomic E-state index is -0.522. The highest BCUT2D eigenvalue weighted by Crippen LogP contribution is 2.29. The molecule has 1 aromatic rings. The Hall–Kier alpha value is -2.18. The van der Waals surface area contributed by atoms with Gasteiger partial charge in [-0.2, -0.15) is 0 Å². The van der Waals surface area contributed by atoms with Crippen molar-refractivity contribution in [2.75, 3.05) is 13.6 Å². The van der Waals surface area contributed by atoms with Gasteiger partial charge in [0.05, 0.1) is 6.54 Å². The van der Waals surface area contributed by atoms with Crippen LogP contribution >= 0.6 is 0 Å². The lowest BCUT2D eigenvalue weighted by atomic mass is 10.1. The lowest BCUT2D eigenvalue weighted by Crippen LogP contribution is -2.62. The summed E-state index contributed by atoms with van der Waals surface area (Å²) in [6.07, 6.45) is 3.72. The molecule has 0 aromatic carbocycles. The number of hydrogen-bond acceptors (Lipinski definition) is 3. The van der Waals surface area contributed by atoms with Crippen LogP contribution in [-0.4, -0.2) is 45.7 Å². The molecule has 3 rings (SSSR count). The molecule has 0 saturated carbocycles. The average molecular weight is 332 g/mol. The van der Waals surface area contributed by atoms with Gasteiger partial charge in [0.1, 0.15) is 11.9 Å². The predicted molar refractivity (Wildman–Crippen MR) is 90.1 cm³/mol. The maximum absolute atomic E-state index is 12.9. The van der Waals surface area contributed by atoms with Crippen molar-refractivity contribution in [3.63, 3.8) is 0 Å². The summed E-state index contributed by atoms with van der Waals surface area (Å²) in [6.45, 7) is 9.68. The van der Waals surface area contributed by atoms with Gasteiger partial charge in [-0.15, -0.1) is 0 Å². The number of aliphatic imine (C=N–C) groups is 1. The van der Waals surface area contributed by atoms with E-state index in [4.69, 9.17) is 0 Å². The van der Waals surface area contributed by atoms with Crippen molar-refractivity contribution in [2.24, 2.45) is 10.9 Å². The zero-order chi connectivity index (χ0) is 17.6. The van der Waals surface area contributed by atoms with E-state index in [2.05, 4.69) is 23.4 Å². The third-order valence-corrected chi connectivity index (χ3v) is 4.61. The number of aryl methyl sites for hydroxylation is 1. The standard InChI is InChI=1S/C17H26N5O2/c1-6-7-8-20-15(23)13-14(19(5)17(20)24)18-16-21(9-11(2)3)12(4)10-22(13)16/h10-11,13H,6-9H2,1-5H3/q+1. The zero-order valence-corrected chi connectivity index (χ0v) is 15.1. The van der Waals surface area contributed by atoms with Crippen molar-refractivity contribution < 1.29 is 14.2 Å². The van der Waals surface area contributed by atoms with Crippen LogP contribution in [0.15, 0.2) is 11.2 Å². The van der Waals surface area contributed by atoms with E-state index >= 15 is 0 Å². The van der Waals surface area contributed by atoms with Crippen LogP contribution in [0.5, 0.6) is 0 Å². The van der Waals surface area contributed by atoms with Crippen LogP contribution in [0.25, 0.3) is 0 Å². The van der Waals surface area contributed by atoms with Gasteiger partial charge in [-0.3, -0.25) is 14.6 Å². The Morgan fingerprint density at radius 1 is 1.33 bits per heavy atom. The molecular weight excluding hydrogens is 306 g/mol. The average Bonchev–Trinajstić information content (AvgIpc) is 3.02. The molecule has 3 heterocycles. The van der Waals surface area contributed by atoms with E-state index in [1.54, 1.807) is 7.05 Å². The molecule has 1 saturated heterocycles. The number of urea groups is 1. The van der Waals surface area contributed by atoms with Crippen molar-refractivity contribution in [1.29, 1.82) is 0 Å². The summed E-state index contributed by atoms with van der Waals surface area (Å²) in [5.41, 5.74) is 1.08. The molecule has 130 valence electrons. The van der Waals surface area contributed by atoms with Crippen LogP contribution in [0.4, 0.5) is 10.7 Å². The molecule has 3 amide bonds. The fourth-order valence-corrected chi connectivity index (χ4v) is 3.34. The number of carbonyl (C=O) groups excluding carboxylic acids is 2. The van der Waals surface area contributed by atoms with Gasteiger partial charge in [0.25, 0.3) is 5.91 Å². The highest BCUT2D eigenvalue weighted by Gasteiger charge is 2.52. The number of imide groups is 1. The number of rotatable bonds is 5. The van der Waals surface area contributed by atoms with E-state index in [0.29, 0.717) is 18.3 Å². The number of imidazole rings is 1. The van der Waals surface area contributed by atoms with Crippen molar-refractivity contribution in [3.05, 3.63) is 11.9 Å². The number of amidine groups is 1. The molecule has 0 bridgehead atoms. The molecule has 2 aliphatic heterocycles. The largest absolute Gasteiger partial charge is 0.401 e. The molecule has 7 nitrogen and oxygen atoms in total. The molecule has 0 radical (unpaired) electrons. The molecule has 1 fully saturated rings. The van der Waals surface area contributed by atoms with Crippen molar-refractivity contribution in [1.82, 2.24) is 14.4 Å². The molecule has 1 aromatic heterocycles. The minimum absolute atomic E-state index is 0.171. The second-order valence-corrected chi connectivity index (χ2v) is 7.04. The monoisotopic (exact) mass is 332 g/mol. The topological polar surface area (TPSA) is 61.8 Å². The minimum Gasteiger partial charge on any atom is -0.270 e. The maximum atomic E-state index is 12.9. The van der Waals surface area contributed by atoms with Crippen LogP contribution < -0.4 is 4.57 Å². The fraction of sp³-hybridized carbons (Fsp3) is 0.647. The van der Waals surface area contributed by atoms with E-state index in [-0.39, 0.29) is 11.9 Å². The molecule has 7 heteroatoms. The molecule has 24 heavy (non-hydrogen) atoms. The first-order chi connectivity index (χ1) is 11.4. The van der Waals surface area contributed by atoms with Gasteiger partial charge in [0.15, 0.2) is 0 Å². The summed E-state index contributed by atoms with van der Waals surface area (Å²) in [5.74, 6) is 1.59. The van der Waals surface area contributed by atoms with E-state index in [1.807, 2.05) is 24.6 Å². The first-order valence-corrected chi connectivity index (χ1v) is 8.65. The van der Waals surface area contributed by atoms with E-state index in [9.17, 15) is 9.59 Å². The highest BCUT2D eigenvalue weighted by molar-refractivity contribution is 6.19. The van der Waals surface area contributed by atoms with Gasteiger partial charge in [0, 0.05) is 13.6 Å². The molecule has 0 spiro atoms. The molecule has 2 aliphatic rings. The summed E-state index contributed by atoms with van der Waals surface area (Å²) < 4.78 is 4.04. The second kappa shape index (κ2) is 6.03. The van der Waals surface area contributed by atoms with Crippen molar-refractivity contribution in [3.8, 4) is 0 Å². The van der Waals surface area contributed by atoms with Crippen LogP contribution in [-0.2, 0) is 11.3 Å². The smallest absolute Gasteiger partial charge is 0.270 e. The Morgan fingerprint density at radius 2 is 2.04 bits per heavy atom. The van der Waals surface area contributed by atoms with Crippen molar-refractivity contribution in [2.45, 2.75) is 53.1 Å². The molecule has 0 aliphatic carbocycles. The van der Waals surface area contributed by atoms with Gasteiger partial charge in [0.2, 0.25) is 11.9 Å². The molecule has 1 unspecified atom stereocenters. The number of amides is 3. The number of unbranched alkanes of at least 4 members (excludes halogenated alkanes) is 1. The van der Waals surface area contributed by atoms with E-state index in [0.717, 1.165) is 31.0 Å². The Morgan fingerprint density at radius 3 is 2.67 bits per heavy atom. The van der Waals surface area contributed by atoms with Gasteiger partial charge in [-0.1, -0.05) is 32.2 Å². The van der Waals surface area contributed by atoms with Crippen LogP contribution in [0, 0.1) is 12.8 Å². The third kappa shape index (κ3) is 2.42. The van der Waals surface area contributed by atoms with Crippen LogP contribution in [0.2, 0.25) is 0 Å². The summed E-state index contributed by atoms with van der Waals surface area (Å²) in [6, 6.07) is -0.798. The highest BCUT2D eigenvalue weighted by atomic mass is 16.2. The predicted octanol–water partition coefficient (Wildman–Crippen LogP) is 2.02. The van der Waals surface area contributed by atoms with Crippen LogP contribution in [0.3, 0.4) is 0 Å². The quantitative estimate of drug-likeness (QED) is 0.775. The number of likely N-dealkylation sites (N-methyl/N-ethyl adjacent to an activating group) is 1.